The van der Waals surface area contributed by atoms with Crippen molar-refractivity contribution >= 4 is 17.8 Å². The molecule has 1 heterocycles. The monoisotopic (exact) mass is 370 g/mol. The number of nitrogens with one attached hydrogen (secondary N) is 1. The summed E-state index contributed by atoms with van der Waals surface area (Å²) in [5.74, 6) is -2.42. The molecule has 0 saturated heterocycles. The van der Waals surface area contributed by atoms with Gasteiger partial charge in [0.05, 0.1) is 13.0 Å². The maximum atomic E-state index is 13.2. The van der Waals surface area contributed by atoms with Gasteiger partial charge in [0.2, 0.25) is 11.8 Å². The molecule has 1 atom stereocenters. The molecule has 27 heavy (non-hydrogen) atoms. The van der Waals surface area contributed by atoms with Crippen LogP contribution in [0, 0.1) is 5.82 Å². The first-order chi connectivity index (χ1) is 12.9. The molecule has 0 fully saturated rings. The largest absolute Gasteiger partial charge is 0.480 e. The number of aliphatic carboxylic acids is 1. The third kappa shape index (κ3) is 4.49. The fraction of sp³-hybridized carbons (Fsp3) is 0.250. The van der Waals surface area contributed by atoms with Crippen LogP contribution in [0.5, 0.6) is 0 Å². The molecule has 2 aromatic carbocycles. The molecule has 1 aliphatic heterocycles. The lowest BCUT2D eigenvalue weighted by molar-refractivity contribution is -0.151. The average Bonchev–Trinajstić information content (AvgIpc) is 2.65. The summed E-state index contributed by atoms with van der Waals surface area (Å²) in [4.78, 5) is 37.4. The molecule has 140 valence electrons. The Hall–Kier alpha value is -3.22. The number of benzene rings is 2. The van der Waals surface area contributed by atoms with Gasteiger partial charge in [0, 0.05) is 13.0 Å². The Kier molecular flexibility index (Phi) is 5.49. The number of carbonyl (C=O) groups is 3. The molecule has 3 rings (SSSR count). The maximum absolute atomic E-state index is 13.2. The number of carbonyl (C=O) groups excluding carboxylic acids is 2. The van der Waals surface area contributed by atoms with E-state index in [-0.39, 0.29) is 25.9 Å². The van der Waals surface area contributed by atoms with Crippen LogP contribution >= 0.6 is 0 Å². The molecule has 2 N–H and O–H groups in total. The quantitative estimate of drug-likeness (QED) is 0.836. The first kappa shape index (κ1) is 18.6. The van der Waals surface area contributed by atoms with E-state index >= 15 is 0 Å². The molecular weight excluding hydrogens is 351 g/mol. The third-order valence-electron chi connectivity index (χ3n) is 4.54. The Morgan fingerprint density at radius 2 is 1.85 bits per heavy atom. The average molecular weight is 370 g/mol. The van der Waals surface area contributed by atoms with Gasteiger partial charge in [0.1, 0.15) is 11.9 Å². The molecule has 7 heteroatoms. The van der Waals surface area contributed by atoms with Crippen LogP contribution < -0.4 is 5.32 Å². The van der Waals surface area contributed by atoms with E-state index in [9.17, 15) is 23.9 Å². The van der Waals surface area contributed by atoms with E-state index in [0.717, 1.165) is 11.1 Å². The second-order valence-corrected chi connectivity index (χ2v) is 6.43. The van der Waals surface area contributed by atoms with Crippen molar-refractivity contribution in [3.05, 3.63) is 71.0 Å². The second-order valence-electron chi connectivity index (χ2n) is 6.43. The van der Waals surface area contributed by atoms with Gasteiger partial charge < -0.3 is 15.3 Å². The van der Waals surface area contributed by atoms with Crippen LogP contribution in [0.15, 0.2) is 48.5 Å². The highest BCUT2D eigenvalue weighted by molar-refractivity contribution is 5.89. The minimum absolute atomic E-state index is 0.0593. The van der Waals surface area contributed by atoms with Crippen molar-refractivity contribution in [2.24, 2.45) is 0 Å². The number of carboxylic acid groups (broad SMARTS) is 1. The number of rotatable bonds is 5. The van der Waals surface area contributed by atoms with Crippen molar-refractivity contribution in [1.29, 1.82) is 0 Å². The van der Waals surface area contributed by atoms with Gasteiger partial charge in [-0.25, -0.2) is 9.18 Å². The van der Waals surface area contributed by atoms with E-state index in [1.165, 1.54) is 23.1 Å². The molecular formula is C20H19FN2O4. The van der Waals surface area contributed by atoms with Crippen LogP contribution in [-0.2, 0) is 33.8 Å². The second kappa shape index (κ2) is 7.99. The maximum Gasteiger partial charge on any atom is 0.326 e. The Morgan fingerprint density at radius 1 is 1.11 bits per heavy atom. The molecule has 1 aliphatic rings. The zero-order chi connectivity index (χ0) is 19.4. The van der Waals surface area contributed by atoms with Crippen LogP contribution in [0.1, 0.15) is 16.7 Å². The summed E-state index contributed by atoms with van der Waals surface area (Å²) in [7, 11) is 0. The summed E-state index contributed by atoms with van der Waals surface area (Å²) in [5.41, 5.74) is 2.30. The first-order valence-electron chi connectivity index (χ1n) is 8.54. The predicted molar refractivity (Wildman–Crippen MR) is 95.2 cm³/mol. The summed E-state index contributed by atoms with van der Waals surface area (Å²) in [6.07, 6.45) is 0.171. The van der Waals surface area contributed by atoms with Gasteiger partial charge in [0.15, 0.2) is 0 Å². The molecule has 1 unspecified atom stereocenters. The van der Waals surface area contributed by atoms with Gasteiger partial charge in [-0.1, -0.05) is 36.4 Å². The van der Waals surface area contributed by atoms with Gasteiger partial charge in [-0.15, -0.1) is 0 Å². The molecule has 2 amide bonds. The zero-order valence-electron chi connectivity index (χ0n) is 14.5. The zero-order valence-corrected chi connectivity index (χ0v) is 14.5. The van der Waals surface area contributed by atoms with Crippen LogP contribution in [-0.4, -0.2) is 40.4 Å². The Labute approximate surface area is 155 Å². The Morgan fingerprint density at radius 3 is 2.56 bits per heavy atom. The molecule has 0 saturated carbocycles. The van der Waals surface area contributed by atoms with Crippen LogP contribution in [0.2, 0.25) is 0 Å². The highest BCUT2D eigenvalue weighted by atomic mass is 19.1. The number of amides is 2. The Bertz CT molecular complexity index is 884. The lowest BCUT2D eigenvalue weighted by Gasteiger charge is -2.34. The predicted octanol–water partition coefficient (Wildman–Crippen LogP) is 1.52. The number of hydrogen-bond acceptors (Lipinski definition) is 3. The van der Waals surface area contributed by atoms with Gasteiger partial charge >= 0.3 is 5.97 Å². The summed E-state index contributed by atoms with van der Waals surface area (Å²) >= 11 is 0. The van der Waals surface area contributed by atoms with Crippen molar-refractivity contribution in [3.63, 3.8) is 0 Å². The third-order valence-corrected chi connectivity index (χ3v) is 4.54. The number of carboxylic acids is 1. The van der Waals surface area contributed by atoms with Crippen molar-refractivity contribution in [1.82, 2.24) is 10.2 Å². The lowest BCUT2D eigenvalue weighted by atomic mass is 9.94. The summed E-state index contributed by atoms with van der Waals surface area (Å²) in [6, 6.07) is 12.1. The van der Waals surface area contributed by atoms with E-state index in [4.69, 9.17) is 0 Å². The summed E-state index contributed by atoms with van der Waals surface area (Å²) in [6.45, 7) is -0.119. The summed E-state index contributed by atoms with van der Waals surface area (Å²) < 4.78 is 13.2. The van der Waals surface area contributed by atoms with E-state index in [2.05, 4.69) is 5.32 Å². The van der Waals surface area contributed by atoms with Gasteiger partial charge in [-0.3, -0.25) is 9.59 Å². The molecule has 0 aromatic heterocycles. The van der Waals surface area contributed by atoms with Crippen molar-refractivity contribution in [2.45, 2.75) is 25.4 Å². The summed E-state index contributed by atoms with van der Waals surface area (Å²) in [5, 5.41) is 12.0. The van der Waals surface area contributed by atoms with E-state index in [1.54, 1.807) is 6.07 Å². The highest BCUT2D eigenvalue weighted by Gasteiger charge is 2.34. The lowest BCUT2D eigenvalue weighted by Crippen LogP contribution is -2.51. The molecule has 0 aliphatic carbocycles. The standard InChI is InChI=1S/C20H19FN2O4/c21-16-7-3-4-13(8-16)9-18(24)22-11-19(25)23-12-15-6-2-1-5-14(15)10-17(23)20(26)27/h1-8,17H,9-12H2,(H,22,24)(H,26,27). The number of hydrogen-bond donors (Lipinski definition) is 2. The molecule has 0 bridgehead atoms. The smallest absolute Gasteiger partial charge is 0.326 e. The van der Waals surface area contributed by atoms with Crippen molar-refractivity contribution < 1.29 is 23.9 Å². The van der Waals surface area contributed by atoms with E-state index in [0.29, 0.717) is 5.56 Å². The van der Waals surface area contributed by atoms with E-state index < -0.39 is 29.6 Å². The van der Waals surface area contributed by atoms with Crippen LogP contribution in [0.3, 0.4) is 0 Å². The minimum Gasteiger partial charge on any atom is -0.480 e. The SMILES string of the molecule is O=C(Cc1cccc(F)c1)NCC(=O)N1Cc2ccccc2CC1C(=O)O. The van der Waals surface area contributed by atoms with Crippen molar-refractivity contribution in [2.75, 3.05) is 6.54 Å². The van der Waals surface area contributed by atoms with Gasteiger partial charge in [-0.2, -0.15) is 0 Å². The Balaban J connectivity index is 1.62. The van der Waals surface area contributed by atoms with Crippen LogP contribution in [0.4, 0.5) is 4.39 Å². The molecule has 6 nitrogen and oxygen atoms in total. The van der Waals surface area contributed by atoms with Gasteiger partial charge in [-0.05, 0) is 28.8 Å². The molecule has 0 radical (unpaired) electrons. The topological polar surface area (TPSA) is 86.7 Å². The first-order valence-corrected chi connectivity index (χ1v) is 8.54. The highest BCUT2D eigenvalue weighted by Crippen LogP contribution is 2.23. The van der Waals surface area contributed by atoms with Crippen LogP contribution in [0.25, 0.3) is 0 Å². The molecule has 0 spiro atoms. The minimum atomic E-state index is -1.08. The normalized spacial score (nSPS) is 15.7. The van der Waals surface area contributed by atoms with Crippen molar-refractivity contribution in [3.8, 4) is 0 Å². The van der Waals surface area contributed by atoms with E-state index in [1.807, 2.05) is 24.3 Å². The number of nitrogens with zero attached hydrogens (tertiary/aromatic N) is 1. The van der Waals surface area contributed by atoms with Gasteiger partial charge in [0.25, 0.3) is 0 Å². The number of fused-ring (bicyclic) bond motifs is 1. The molecule has 2 aromatic rings. The fourth-order valence-corrected chi connectivity index (χ4v) is 3.18. The fourth-order valence-electron chi connectivity index (χ4n) is 3.18. The number of halogens is 1.